The van der Waals surface area contributed by atoms with Crippen LogP contribution >= 0.6 is 0 Å². The Balaban J connectivity index is 1.67. The summed E-state index contributed by atoms with van der Waals surface area (Å²) in [5, 5.41) is 3.78. The lowest BCUT2D eigenvalue weighted by atomic mass is 10.1. The van der Waals surface area contributed by atoms with Crippen LogP contribution in [0.5, 0.6) is 0 Å². The topological polar surface area (TPSA) is 65.2 Å². The minimum absolute atomic E-state index is 0.124. The van der Waals surface area contributed by atoms with Gasteiger partial charge < -0.3 is 9.26 Å². The number of halogens is 1. The number of ether oxygens (including phenoxy) is 1. The van der Waals surface area contributed by atoms with Gasteiger partial charge in [-0.15, -0.1) is 0 Å². The van der Waals surface area contributed by atoms with Gasteiger partial charge in [0.05, 0.1) is 5.56 Å². The fourth-order valence-electron chi connectivity index (χ4n) is 2.04. The Hall–Kier alpha value is -3.02. The van der Waals surface area contributed by atoms with Crippen LogP contribution in [0, 0.1) is 12.7 Å². The van der Waals surface area contributed by atoms with Crippen LogP contribution in [-0.2, 0) is 11.3 Å². The molecule has 0 aliphatic carbocycles. The fourth-order valence-corrected chi connectivity index (χ4v) is 2.04. The zero-order valence-corrected chi connectivity index (χ0v) is 12.3. The Morgan fingerprint density at radius 1 is 1.17 bits per heavy atom. The summed E-state index contributed by atoms with van der Waals surface area (Å²) in [5.41, 5.74) is 1.94. The summed E-state index contributed by atoms with van der Waals surface area (Å²) in [4.78, 5) is 16.1. The van der Waals surface area contributed by atoms with Gasteiger partial charge in [-0.2, -0.15) is 4.98 Å². The minimum atomic E-state index is -0.454. The number of esters is 1. The summed E-state index contributed by atoms with van der Waals surface area (Å²) < 4.78 is 23.1. The molecule has 116 valence electrons. The third kappa shape index (κ3) is 3.42. The van der Waals surface area contributed by atoms with E-state index in [1.165, 1.54) is 12.1 Å². The van der Waals surface area contributed by atoms with Crippen molar-refractivity contribution in [3.63, 3.8) is 0 Å². The molecule has 0 unspecified atom stereocenters. The molecular weight excluding hydrogens is 299 g/mol. The molecule has 3 rings (SSSR count). The highest BCUT2D eigenvalue weighted by Gasteiger charge is 2.13. The lowest BCUT2D eigenvalue weighted by molar-refractivity contribution is 0.0429. The predicted octanol–water partition coefficient (Wildman–Crippen LogP) is 3.54. The molecule has 0 saturated heterocycles. The highest BCUT2D eigenvalue weighted by molar-refractivity contribution is 5.90. The Labute approximate surface area is 131 Å². The van der Waals surface area contributed by atoms with Gasteiger partial charge in [0.1, 0.15) is 5.82 Å². The van der Waals surface area contributed by atoms with E-state index in [1.807, 2.05) is 19.1 Å². The summed E-state index contributed by atoms with van der Waals surface area (Å²) in [7, 11) is 0. The van der Waals surface area contributed by atoms with Gasteiger partial charge in [-0.1, -0.05) is 23.4 Å². The number of benzene rings is 2. The first kappa shape index (κ1) is 14.9. The number of aryl methyl sites for hydroxylation is 1. The monoisotopic (exact) mass is 312 g/mol. The number of nitrogens with zero attached hydrogens (tertiary/aromatic N) is 2. The molecule has 6 heteroatoms. The molecule has 0 saturated carbocycles. The number of aromatic nitrogens is 2. The van der Waals surface area contributed by atoms with Crippen LogP contribution < -0.4 is 0 Å². The zero-order valence-electron chi connectivity index (χ0n) is 12.3. The first-order chi connectivity index (χ1) is 11.1. The molecule has 0 fully saturated rings. The summed E-state index contributed by atoms with van der Waals surface area (Å²) in [5.74, 6) is -0.313. The van der Waals surface area contributed by atoms with E-state index in [1.54, 1.807) is 24.3 Å². The molecule has 1 aromatic heterocycles. The van der Waals surface area contributed by atoms with E-state index in [0.717, 1.165) is 5.56 Å². The molecule has 0 bridgehead atoms. The van der Waals surface area contributed by atoms with E-state index in [-0.39, 0.29) is 18.3 Å². The molecule has 3 aromatic rings. The number of carbonyl (C=O) groups excluding carboxylic acids is 1. The standard InChI is InChI=1S/C17H13FN2O3/c1-11-4-2-3-5-14(11)17(21)22-10-15-19-16(20-23-15)12-6-8-13(18)9-7-12/h2-9H,10H2,1H3. The lowest BCUT2D eigenvalue weighted by Crippen LogP contribution is -2.07. The van der Waals surface area contributed by atoms with E-state index < -0.39 is 5.97 Å². The average molecular weight is 312 g/mol. The molecule has 0 amide bonds. The predicted molar refractivity (Wildman–Crippen MR) is 80.0 cm³/mol. The third-order valence-electron chi connectivity index (χ3n) is 3.26. The van der Waals surface area contributed by atoms with Crippen LogP contribution in [0.1, 0.15) is 21.8 Å². The highest BCUT2D eigenvalue weighted by atomic mass is 19.1. The van der Waals surface area contributed by atoms with Gasteiger partial charge in [0.15, 0.2) is 6.61 Å². The summed E-state index contributed by atoms with van der Waals surface area (Å²) in [6.07, 6.45) is 0. The third-order valence-corrected chi connectivity index (χ3v) is 3.26. The smallest absolute Gasteiger partial charge is 0.338 e. The van der Waals surface area contributed by atoms with Crippen LogP contribution in [0.25, 0.3) is 11.4 Å². The molecule has 0 spiro atoms. The Morgan fingerprint density at radius 2 is 1.91 bits per heavy atom. The molecule has 5 nitrogen and oxygen atoms in total. The van der Waals surface area contributed by atoms with E-state index in [2.05, 4.69) is 10.1 Å². The van der Waals surface area contributed by atoms with Gasteiger partial charge in [0.25, 0.3) is 5.89 Å². The van der Waals surface area contributed by atoms with Crippen molar-refractivity contribution in [1.82, 2.24) is 10.1 Å². The largest absolute Gasteiger partial charge is 0.452 e. The van der Waals surface area contributed by atoms with Crippen molar-refractivity contribution in [2.45, 2.75) is 13.5 Å². The highest BCUT2D eigenvalue weighted by Crippen LogP contribution is 2.17. The second-order valence-corrected chi connectivity index (χ2v) is 4.91. The summed E-state index contributed by atoms with van der Waals surface area (Å²) in [6, 6.07) is 12.8. The summed E-state index contributed by atoms with van der Waals surface area (Å²) >= 11 is 0. The maximum atomic E-state index is 12.9. The van der Waals surface area contributed by atoms with Crippen LogP contribution in [0.15, 0.2) is 53.1 Å². The number of hydrogen-bond acceptors (Lipinski definition) is 5. The molecule has 0 aliphatic rings. The Bertz CT molecular complexity index is 828. The molecule has 1 heterocycles. The van der Waals surface area contributed by atoms with E-state index in [4.69, 9.17) is 9.26 Å². The number of hydrogen-bond donors (Lipinski definition) is 0. The van der Waals surface area contributed by atoms with Crippen molar-refractivity contribution in [3.8, 4) is 11.4 Å². The second kappa shape index (κ2) is 6.39. The van der Waals surface area contributed by atoms with Crippen LogP contribution in [0.3, 0.4) is 0 Å². The van der Waals surface area contributed by atoms with E-state index in [9.17, 15) is 9.18 Å². The first-order valence-corrected chi connectivity index (χ1v) is 6.95. The fraction of sp³-hybridized carbons (Fsp3) is 0.118. The van der Waals surface area contributed by atoms with Gasteiger partial charge in [0.2, 0.25) is 5.82 Å². The molecule has 0 N–H and O–H groups in total. The van der Waals surface area contributed by atoms with Crippen LogP contribution in [-0.4, -0.2) is 16.1 Å². The van der Waals surface area contributed by atoms with Crippen molar-refractivity contribution in [2.24, 2.45) is 0 Å². The molecule has 2 aromatic carbocycles. The van der Waals surface area contributed by atoms with Gasteiger partial charge in [-0.25, -0.2) is 9.18 Å². The molecule has 0 atom stereocenters. The van der Waals surface area contributed by atoms with Crippen molar-refractivity contribution < 1.29 is 18.4 Å². The second-order valence-electron chi connectivity index (χ2n) is 4.91. The minimum Gasteiger partial charge on any atom is -0.452 e. The van der Waals surface area contributed by atoms with Crippen LogP contribution in [0.2, 0.25) is 0 Å². The zero-order chi connectivity index (χ0) is 16.2. The maximum Gasteiger partial charge on any atom is 0.338 e. The molecule has 23 heavy (non-hydrogen) atoms. The first-order valence-electron chi connectivity index (χ1n) is 6.95. The Morgan fingerprint density at radius 3 is 2.65 bits per heavy atom. The molecule has 0 radical (unpaired) electrons. The Kier molecular flexibility index (Phi) is 4.14. The quantitative estimate of drug-likeness (QED) is 0.689. The van der Waals surface area contributed by atoms with Gasteiger partial charge >= 0.3 is 5.97 Å². The van der Waals surface area contributed by atoms with Crippen molar-refractivity contribution in [1.29, 1.82) is 0 Å². The van der Waals surface area contributed by atoms with Crippen molar-refractivity contribution in [3.05, 3.63) is 71.4 Å². The number of rotatable bonds is 4. The van der Waals surface area contributed by atoms with Gasteiger partial charge in [-0.3, -0.25) is 0 Å². The van der Waals surface area contributed by atoms with Crippen LogP contribution in [0.4, 0.5) is 4.39 Å². The molecular formula is C17H13FN2O3. The summed E-state index contributed by atoms with van der Waals surface area (Å²) in [6.45, 7) is 1.71. The van der Waals surface area contributed by atoms with Gasteiger partial charge in [-0.05, 0) is 42.8 Å². The van der Waals surface area contributed by atoms with Crippen molar-refractivity contribution >= 4 is 5.97 Å². The van der Waals surface area contributed by atoms with Gasteiger partial charge in [0, 0.05) is 5.56 Å². The number of carbonyl (C=O) groups is 1. The van der Waals surface area contributed by atoms with Crippen molar-refractivity contribution in [2.75, 3.05) is 0 Å². The average Bonchev–Trinajstić information content (AvgIpc) is 3.03. The lowest BCUT2D eigenvalue weighted by Gasteiger charge is -2.04. The molecule has 0 aliphatic heterocycles. The SMILES string of the molecule is Cc1ccccc1C(=O)OCc1nc(-c2ccc(F)cc2)no1. The maximum absolute atomic E-state index is 12.9. The van der Waals surface area contributed by atoms with E-state index in [0.29, 0.717) is 17.0 Å². The normalized spacial score (nSPS) is 10.5. The van der Waals surface area contributed by atoms with E-state index >= 15 is 0 Å².